The van der Waals surface area contributed by atoms with Gasteiger partial charge in [-0.25, -0.2) is 0 Å². The molecule has 0 aromatic heterocycles. The maximum atomic E-state index is 12.0. The predicted octanol–water partition coefficient (Wildman–Crippen LogP) is 1.55. The molecule has 1 atom stereocenters. The number of carbonyl (C=O) groups is 1. The first-order valence-corrected chi connectivity index (χ1v) is 6.00. The molecule has 1 saturated carbocycles. The highest BCUT2D eigenvalue weighted by atomic mass is 16.3. The molecule has 2 aliphatic rings. The fourth-order valence-electron chi connectivity index (χ4n) is 3.20. The fourth-order valence-corrected chi connectivity index (χ4v) is 3.20. The van der Waals surface area contributed by atoms with Crippen LogP contribution in [0.5, 0.6) is 0 Å². The van der Waals surface area contributed by atoms with Crippen LogP contribution in [-0.2, 0) is 4.79 Å². The summed E-state index contributed by atoms with van der Waals surface area (Å²) in [5, 5.41) is 9.30. The summed E-state index contributed by atoms with van der Waals surface area (Å²) in [4.78, 5) is 14.0. The minimum atomic E-state index is -0.152. The van der Waals surface area contributed by atoms with E-state index >= 15 is 0 Å². The number of hydrogen-bond acceptors (Lipinski definition) is 2. The van der Waals surface area contributed by atoms with Gasteiger partial charge in [0.25, 0.3) is 0 Å². The van der Waals surface area contributed by atoms with Gasteiger partial charge < -0.3 is 10.0 Å². The van der Waals surface area contributed by atoms with Crippen molar-refractivity contribution >= 4 is 5.91 Å². The standard InChI is InChI=1S/C12H21NO2/c1-12(2)9(8-14)7-11(15)13(12)10-5-3-4-6-10/h9-10,14H,3-8H2,1-2H3. The number of hydrogen-bond donors (Lipinski definition) is 1. The monoisotopic (exact) mass is 211 g/mol. The second-order valence-electron chi connectivity index (χ2n) is 5.44. The van der Waals surface area contributed by atoms with E-state index in [-0.39, 0.29) is 24.0 Å². The largest absolute Gasteiger partial charge is 0.396 e. The number of likely N-dealkylation sites (tertiary alicyclic amines) is 1. The third kappa shape index (κ3) is 1.67. The summed E-state index contributed by atoms with van der Waals surface area (Å²) in [7, 11) is 0. The van der Waals surface area contributed by atoms with Gasteiger partial charge in [0.1, 0.15) is 0 Å². The van der Waals surface area contributed by atoms with Crippen LogP contribution in [0, 0.1) is 5.92 Å². The summed E-state index contributed by atoms with van der Waals surface area (Å²) < 4.78 is 0. The molecule has 0 spiro atoms. The molecule has 1 unspecified atom stereocenters. The van der Waals surface area contributed by atoms with Crippen LogP contribution in [0.15, 0.2) is 0 Å². The zero-order valence-electron chi connectivity index (χ0n) is 9.70. The van der Waals surface area contributed by atoms with E-state index in [1.54, 1.807) is 0 Å². The van der Waals surface area contributed by atoms with E-state index in [9.17, 15) is 9.90 Å². The van der Waals surface area contributed by atoms with Gasteiger partial charge in [-0.15, -0.1) is 0 Å². The highest BCUT2D eigenvalue weighted by Gasteiger charge is 2.48. The van der Waals surface area contributed by atoms with Gasteiger partial charge in [0.15, 0.2) is 0 Å². The van der Waals surface area contributed by atoms with Crippen molar-refractivity contribution in [1.29, 1.82) is 0 Å². The first kappa shape index (κ1) is 10.9. The summed E-state index contributed by atoms with van der Waals surface area (Å²) in [5.74, 6) is 0.358. The molecule has 3 nitrogen and oxygen atoms in total. The van der Waals surface area contributed by atoms with Crippen molar-refractivity contribution in [3.05, 3.63) is 0 Å². The lowest BCUT2D eigenvalue weighted by Crippen LogP contribution is -2.49. The maximum Gasteiger partial charge on any atom is 0.223 e. The van der Waals surface area contributed by atoms with E-state index in [1.807, 2.05) is 0 Å². The lowest BCUT2D eigenvalue weighted by atomic mass is 9.88. The van der Waals surface area contributed by atoms with Crippen LogP contribution in [-0.4, -0.2) is 34.1 Å². The van der Waals surface area contributed by atoms with Crippen LogP contribution in [0.25, 0.3) is 0 Å². The van der Waals surface area contributed by atoms with Gasteiger partial charge in [-0.1, -0.05) is 12.8 Å². The number of amides is 1. The Morgan fingerprint density at radius 3 is 2.47 bits per heavy atom. The highest BCUT2D eigenvalue weighted by Crippen LogP contribution is 2.40. The summed E-state index contributed by atoms with van der Waals surface area (Å²) in [5.41, 5.74) is -0.152. The summed E-state index contributed by atoms with van der Waals surface area (Å²) in [6.07, 6.45) is 5.31. The van der Waals surface area contributed by atoms with Crippen molar-refractivity contribution in [2.24, 2.45) is 5.92 Å². The van der Waals surface area contributed by atoms with E-state index in [0.29, 0.717) is 12.5 Å². The Kier molecular flexibility index (Phi) is 2.75. The van der Waals surface area contributed by atoms with E-state index in [0.717, 1.165) is 12.8 Å². The van der Waals surface area contributed by atoms with Crippen LogP contribution in [0.4, 0.5) is 0 Å². The molecule has 1 saturated heterocycles. The van der Waals surface area contributed by atoms with Crippen molar-refractivity contribution in [3.8, 4) is 0 Å². The van der Waals surface area contributed by atoms with E-state index in [1.165, 1.54) is 12.8 Å². The Hall–Kier alpha value is -0.570. The quantitative estimate of drug-likeness (QED) is 0.753. The molecule has 15 heavy (non-hydrogen) atoms. The average molecular weight is 211 g/mol. The number of nitrogens with zero attached hydrogens (tertiary/aromatic N) is 1. The van der Waals surface area contributed by atoms with Gasteiger partial charge in [0.05, 0.1) is 0 Å². The number of rotatable bonds is 2. The van der Waals surface area contributed by atoms with Crippen molar-refractivity contribution in [3.63, 3.8) is 0 Å². The SMILES string of the molecule is CC1(C)C(CO)CC(=O)N1C1CCCC1. The average Bonchev–Trinajstić information content (AvgIpc) is 2.72. The van der Waals surface area contributed by atoms with Gasteiger partial charge >= 0.3 is 0 Å². The summed E-state index contributed by atoms with van der Waals surface area (Å²) in [6.45, 7) is 4.32. The number of aliphatic hydroxyl groups excluding tert-OH is 1. The van der Waals surface area contributed by atoms with Crippen LogP contribution in [0.1, 0.15) is 46.0 Å². The first-order valence-electron chi connectivity index (χ1n) is 6.00. The Labute approximate surface area is 91.5 Å². The molecule has 1 amide bonds. The normalized spacial score (nSPS) is 31.5. The predicted molar refractivity (Wildman–Crippen MR) is 58.4 cm³/mol. The lowest BCUT2D eigenvalue weighted by molar-refractivity contribution is -0.133. The van der Waals surface area contributed by atoms with Gasteiger partial charge in [0.2, 0.25) is 5.91 Å². The molecule has 0 bridgehead atoms. The minimum Gasteiger partial charge on any atom is -0.396 e. The molecule has 2 rings (SSSR count). The third-order valence-corrected chi connectivity index (χ3v) is 4.22. The van der Waals surface area contributed by atoms with Crippen molar-refractivity contribution in [1.82, 2.24) is 4.90 Å². The smallest absolute Gasteiger partial charge is 0.223 e. The maximum absolute atomic E-state index is 12.0. The van der Waals surface area contributed by atoms with Gasteiger partial charge in [-0.05, 0) is 26.7 Å². The molecule has 0 radical (unpaired) electrons. The number of aliphatic hydroxyl groups is 1. The minimum absolute atomic E-state index is 0.116. The molecule has 86 valence electrons. The Morgan fingerprint density at radius 2 is 2.00 bits per heavy atom. The summed E-state index contributed by atoms with van der Waals surface area (Å²) >= 11 is 0. The third-order valence-electron chi connectivity index (χ3n) is 4.22. The van der Waals surface area contributed by atoms with E-state index in [2.05, 4.69) is 18.7 Å². The number of carbonyl (C=O) groups excluding carboxylic acids is 1. The van der Waals surface area contributed by atoms with E-state index in [4.69, 9.17) is 0 Å². The van der Waals surface area contributed by atoms with Crippen LogP contribution >= 0.6 is 0 Å². The second kappa shape index (κ2) is 3.78. The Balaban J connectivity index is 2.18. The Bertz CT molecular complexity index is 256. The highest BCUT2D eigenvalue weighted by molar-refractivity contribution is 5.80. The first-order chi connectivity index (χ1) is 7.07. The molecule has 2 fully saturated rings. The molecule has 1 aliphatic heterocycles. The van der Waals surface area contributed by atoms with Crippen LogP contribution < -0.4 is 0 Å². The molecule has 0 aromatic carbocycles. The molecule has 3 heteroatoms. The van der Waals surface area contributed by atoms with E-state index < -0.39 is 0 Å². The van der Waals surface area contributed by atoms with Crippen molar-refractivity contribution in [2.45, 2.75) is 57.5 Å². The fraction of sp³-hybridized carbons (Fsp3) is 0.917. The van der Waals surface area contributed by atoms with Crippen LogP contribution in [0.2, 0.25) is 0 Å². The molecule has 1 N–H and O–H groups in total. The van der Waals surface area contributed by atoms with Crippen LogP contribution in [0.3, 0.4) is 0 Å². The molecule has 1 aliphatic carbocycles. The zero-order valence-corrected chi connectivity index (χ0v) is 9.70. The zero-order chi connectivity index (χ0) is 11.1. The molecule has 0 aromatic rings. The molecule has 1 heterocycles. The second-order valence-corrected chi connectivity index (χ2v) is 5.44. The van der Waals surface area contributed by atoms with Crippen molar-refractivity contribution in [2.75, 3.05) is 6.61 Å². The van der Waals surface area contributed by atoms with Gasteiger partial charge in [-0.2, -0.15) is 0 Å². The lowest BCUT2D eigenvalue weighted by Gasteiger charge is -2.39. The summed E-state index contributed by atoms with van der Waals surface area (Å²) in [6, 6.07) is 0.434. The van der Waals surface area contributed by atoms with Gasteiger partial charge in [0, 0.05) is 30.5 Å². The molecular formula is C12H21NO2. The topological polar surface area (TPSA) is 40.5 Å². The molecular weight excluding hydrogens is 190 g/mol. The van der Waals surface area contributed by atoms with Gasteiger partial charge in [-0.3, -0.25) is 4.79 Å². The Morgan fingerprint density at radius 1 is 1.40 bits per heavy atom. The van der Waals surface area contributed by atoms with Crippen molar-refractivity contribution < 1.29 is 9.90 Å².